The fraction of sp³-hybridized carbons (Fsp3) is 0.588. The molecular weight excluding hydrogens is 389 g/mol. The zero-order valence-electron chi connectivity index (χ0n) is 14.1. The molecule has 1 fully saturated rings. The van der Waals surface area contributed by atoms with Gasteiger partial charge in [-0.05, 0) is 38.8 Å². The average Bonchev–Trinajstić information content (AvgIpc) is 2.47. The van der Waals surface area contributed by atoms with Crippen molar-refractivity contribution < 1.29 is 4.74 Å². The van der Waals surface area contributed by atoms with Crippen LogP contribution in [0.3, 0.4) is 0 Å². The summed E-state index contributed by atoms with van der Waals surface area (Å²) in [6.07, 6.45) is 0.125. The molecule has 1 saturated heterocycles. The Labute approximate surface area is 151 Å². The van der Waals surface area contributed by atoms with E-state index >= 15 is 0 Å². The average molecular weight is 417 g/mol. The van der Waals surface area contributed by atoms with Crippen molar-refractivity contribution in [3.05, 3.63) is 34.9 Å². The Kier molecular flexibility index (Phi) is 8.17. The van der Waals surface area contributed by atoms with E-state index in [1.807, 2.05) is 0 Å². The Morgan fingerprint density at radius 3 is 2.77 bits per heavy atom. The highest BCUT2D eigenvalue weighted by Gasteiger charge is 2.25. The predicted octanol–water partition coefficient (Wildman–Crippen LogP) is 3.28. The first kappa shape index (κ1) is 19.2. The molecule has 1 heterocycles. The summed E-state index contributed by atoms with van der Waals surface area (Å²) in [6.45, 7) is 12.7. The molecule has 1 N–H and O–H groups in total. The third kappa shape index (κ3) is 4.84. The van der Waals surface area contributed by atoms with E-state index in [0.717, 1.165) is 38.7 Å². The van der Waals surface area contributed by atoms with Crippen LogP contribution in [0, 0.1) is 13.8 Å². The second kappa shape index (κ2) is 9.35. The van der Waals surface area contributed by atoms with Crippen LogP contribution in [0.4, 0.5) is 0 Å². The Morgan fingerprint density at radius 1 is 1.36 bits per heavy atom. The zero-order chi connectivity index (χ0) is 15.2. The van der Waals surface area contributed by atoms with E-state index in [-0.39, 0.29) is 30.1 Å². The van der Waals surface area contributed by atoms with Crippen LogP contribution in [0.1, 0.15) is 36.6 Å². The molecule has 0 bridgehead atoms. The van der Waals surface area contributed by atoms with Gasteiger partial charge in [-0.2, -0.15) is 0 Å². The van der Waals surface area contributed by atoms with E-state index in [1.54, 1.807) is 0 Å². The molecule has 1 aromatic carbocycles. The van der Waals surface area contributed by atoms with Crippen molar-refractivity contribution in [1.29, 1.82) is 0 Å². The monoisotopic (exact) mass is 417 g/mol. The Hall–Kier alpha value is -0.820. The quantitative estimate of drug-likeness (QED) is 0.466. The van der Waals surface area contributed by atoms with Gasteiger partial charge in [-0.15, -0.1) is 24.0 Å². The highest BCUT2D eigenvalue weighted by molar-refractivity contribution is 14.0. The van der Waals surface area contributed by atoms with Crippen LogP contribution < -0.4 is 5.32 Å². The van der Waals surface area contributed by atoms with Gasteiger partial charge in [-0.25, -0.2) is 0 Å². The summed E-state index contributed by atoms with van der Waals surface area (Å²) in [5.74, 6) is 0.998. The number of morpholine rings is 1. The molecule has 0 spiro atoms. The Bertz CT molecular complexity index is 505. The molecule has 5 heteroatoms. The van der Waals surface area contributed by atoms with Crippen LogP contribution in [-0.4, -0.2) is 43.6 Å². The van der Waals surface area contributed by atoms with Crippen LogP contribution in [0.25, 0.3) is 0 Å². The van der Waals surface area contributed by atoms with E-state index in [2.05, 4.69) is 61.1 Å². The van der Waals surface area contributed by atoms with Gasteiger partial charge in [0.25, 0.3) is 0 Å². The van der Waals surface area contributed by atoms with Gasteiger partial charge in [-0.1, -0.05) is 23.8 Å². The molecule has 1 aliphatic heterocycles. The number of nitrogens with one attached hydrogen (secondary N) is 1. The van der Waals surface area contributed by atoms with Gasteiger partial charge >= 0.3 is 0 Å². The third-order valence-corrected chi connectivity index (χ3v) is 3.78. The van der Waals surface area contributed by atoms with Crippen LogP contribution in [0.15, 0.2) is 23.2 Å². The second-order valence-electron chi connectivity index (χ2n) is 5.49. The molecule has 0 aromatic heterocycles. The first-order valence-corrected chi connectivity index (χ1v) is 7.87. The number of rotatable bonds is 3. The fourth-order valence-electron chi connectivity index (χ4n) is 2.79. The number of benzene rings is 1. The van der Waals surface area contributed by atoms with Crippen molar-refractivity contribution in [2.75, 3.05) is 32.8 Å². The summed E-state index contributed by atoms with van der Waals surface area (Å²) in [4.78, 5) is 6.88. The molecule has 0 aliphatic carbocycles. The van der Waals surface area contributed by atoms with Crippen molar-refractivity contribution in [3.63, 3.8) is 0 Å². The summed E-state index contributed by atoms with van der Waals surface area (Å²) in [5, 5.41) is 3.37. The van der Waals surface area contributed by atoms with Crippen LogP contribution in [-0.2, 0) is 4.74 Å². The lowest BCUT2D eigenvalue weighted by Gasteiger charge is -2.35. The fourth-order valence-corrected chi connectivity index (χ4v) is 2.79. The highest BCUT2D eigenvalue weighted by Crippen LogP contribution is 2.25. The smallest absolute Gasteiger partial charge is 0.194 e. The molecule has 0 saturated carbocycles. The first-order chi connectivity index (χ1) is 10.2. The summed E-state index contributed by atoms with van der Waals surface area (Å²) >= 11 is 0. The summed E-state index contributed by atoms with van der Waals surface area (Å²) in [6, 6.07) is 6.58. The number of hydrogen-bond acceptors (Lipinski definition) is 2. The van der Waals surface area contributed by atoms with Crippen molar-refractivity contribution in [2.24, 2.45) is 4.99 Å². The van der Waals surface area contributed by atoms with Gasteiger partial charge in [0.05, 0.1) is 13.2 Å². The number of hydrogen-bond donors (Lipinski definition) is 1. The van der Waals surface area contributed by atoms with E-state index in [1.165, 1.54) is 16.7 Å². The largest absolute Gasteiger partial charge is 0.370 e. The van der Waals surface area contributed by atoms with Gasteiger partial charge in [0.15, 0.2) is 5.96 Å². The molecule has 1 aromatic rings. The van der Waals surface area contributed by atoms with Crippen molar-refractivity contribution in [1.82, 2.24) is 10.2 Å². The third-order valence-electron chi connectivity index (χ3n) is 3.78. The predicted molar refractivity (Wildman–Crippen MR) is 103 cm³/mol. The lowest BCUT2D eigenvalue weighted by Crippen LogP contribution is -2.48. The minimum Gasteiger partial charge on any atom is -0.370 e. The molecular formula is C17H28IN3O. The van der Waals surface area contributed by atoms with E-state index in [0.29, 0.717) is 0 Å². The van der Waals surface area contributed by atoms with Crippen molar-refractivity contribution >= 4 is 29.9 Å². The normalized spacial score (nSPS) is 18.8. The summed E-state index contributed by atoms with van der Waals surface area (Å²) in [5.41, 5.74) is 3.89. The molecule has 1 atom stereocenters. The molecule has 1 aliphatic rings. The lowest BCUT2D eigenvalue weighted by atomic mass is 10.00. The van der Waals surface area contributed by atoms with Gasteiger partial charge in [0, 0.05) is 19.6 Å². The molecule has 22 heavy (non-hydrogen) atoms. The lowest BCUT2D eigenvalue weighted by molar-refractivity contribution is -0.00832. The van der Waals surface area contributed by atoms with Crippen LogP contribution in [0.2, 0.25) is 0 Å². The van der Waals surface area contributed by atoms with Crippen molar-refractivity contribution in [3.8, 4) is 0 Å². The number of aliphatic imine (C=N–C) groups is 1. The maximum absolute atomic E-state index is 6.00. The van der Waals surface area contributed by atoms with Gasteiger partial charge in [0.1, 0.15) is 6.10 Å². The molecule has 0 radical (unpaired) electrons. The SMILES string of the molecule is CCN=C(NCC)N1CCOC(c2ccc(C)cc2C)C1.I. The maximum atomic E-state index is 6.00. The maximum Gasteiger partial charge on any atom is 0.194 e. The second-order valence-corrected chi connectivity index (χ2v) is 5.49. The zero-order valence-corrected chi connectivity index (χ0v) is 16.4. The van der Waals surface area contributed by atoms with Gasteiger partial charge in [-0.3, -0.25) is 4.99 Å². The van der Waals surface area contributed by atoms with E-state index < -0.39 is 0 Å². The molecule has 0 amide bonds. The van der Waals surface area contributed by atoms with Crippen LogP contribution >= 0.6 is 24.0 Å². The van der Waals surface area contributed by atoms with Gasteiger partial charge < -0.3 is 15.0 Å². The van der Waals surface area contributed by atoms with E-state index in [9.17, 15) is 0 Å². The Morgan fingerprint density at radius 2 is 2.14 bits per heavy atom. The topological polar surface area (TPSA) is 36.9 Å². The molecule has 124 valence electrons. The van der Waals surface area contributed by atoms with Crippen molar-refractivity contribution in [2.45, 2.75) is 33.8 Å². The number of nitrogens with zero attached hydrogens (tertiary/aromatic N) is 2. The minimum atomic E-state index is 0. The van der Waals surface area contributed by atoms with E-state index in [4.69, 9.17) is 4.74 Å². The number of halogens is 1. The molecule has 2 rings (SSSR count). The molecule has 1 unspecified atom stereocenters. The number of aryl methyl sites for hydroxylation is 2. The summed E-state index contributed by atoms with van der Waals surface area (Å²) < 4.78 is 6.00. The first-order valence-electron chi connectivity index (χ1n) is 7.87. The Balaban J connectivity index is 0.00000242. The summed E-state index contributed by atoms with van der Waals surface area (Å²) in [7, 11) is 0. The van der Waals surface area contributed by atoms with Gasteiger partial charge in [0.2, 0.25) is 0 Å². The number of guanidine groups is 1. The highest BCUT2D eigenvalue weighted by atomic mass is 127. The van der Waals surface area contributed by atoms with Crippen LogP contribution in [0.5, 0.6) is 0 Å². The minimum absolute atomic E-state index is 0. The molecule has 4 nitrogen and oxygen atoms in total. The standard InChI is InChI=1S/C17H27N3O.HI/c1-5-18-17(19-6-2)20-9-10-21-16(12-20)15-8-7-13(3)11-14(15)4;/h7-8,11,16H,5-6,9-10,12H2,1-4H3,(H,18,19);1H. The number of ether oxygens (including phenoxy) is 1.